The highest BCUT2D eigenvalue weighted by Crippen LogP contribution is 2.76. The second kappa shape index (κ2) is 5.88. The minimum absolute atomic E-state index is 0.0887. The quantitative estimate of drug-likeness (QED) is 0.458. The van der Waals surface area contributed by atoms with Crippen molar-refractivity contribution in [1.82, 2.24) is 0 Å². The molecule has 6 rings (SSSR count). The molecule has 4 bridgehead atoms. The smallest absolute Gasteiger partial charge is 0.208 e. The zero-order valence-corrected chi connectivity index (χ0v) is 17.5. The van der Waals surface area contributed by atoms with Gasteiger partial charge in [0.2, 0.25) is 5.79 Å². The van der Waals surface area contributed by atoms with Crippen molar-refractivity contribution in [3.8, 4) is 0 Å². The normalized spacial score (nSPS) is 53.4. The third-order valence-corrected chi connectivity index (χ3v) is 9.37. The molecule has 2 aliphatic heterocycles. The summed E-state index contributed by atoms with van der Waals surface area (Å²) in [5.74, 6) is -4.98. The van der Waals surface area contributed by atoms with Crippen LogP contribution in [0.4, 0.5) is 0 Å². The van der Waals surface area contributed by atoms with Crippen molar-refractivity contribution in [1.29, 1.82) is 0 Å². The van der Waals surface area contributed by atoms with Crippen molar-refractivity contribution >= 4 is 17.9 Å². The lowest BCUT2D eigenvalue weighted by Gasteiger charge is -2.73. The molecule has 2 spiro atoms. The summed E-state index contributed by atoms with van der Waals surface area (Å²) >= 11 is 0. The lowest BCUT2D eigenvalue weighted by molar-refractivity contribution is -0.438. The van der Waals surface area contributed by atoms with Gasteiger partial charge in [0.15, 0.2) is 5.78 Å². The zero-order valence-electron chi connectivity index (χ0n) is 17.5. The molecular weight excluding hydrogens is 388 g/mol. The molecule has 2 saturated heterocycles. The number of hydrogen-bond donors (Lipinski definition) is 3. The molecule has 0 aromatic carbocycles. The van der Waals surface area contributed by atoms with Crippen LogP contribution in [-0.2, 0) is 19.1 Å². The fourth-order valence-electron chi connectivity index (χ4n) is 8.49. The molecule has 4 saturated carbocycles. The highest BCUT2D eigenvalue weighted by molar-refractivity contribution is 6.06. The number of fused-ring (bicyclic) bond motifs is 2. The van der Waals surface area contributed by atoms with E-state index in [0.29, 0.717) is 25.7 Å². The molecule has 4 aliphatic carbocycles. The third kappa shape index (κ3) is 1.87. The van der Waals surface area contributed by atoms with Gasteiger partial charge in [0.05, 0.1) is 18.1 Å². The van der Waals surface area contributed by atoms with E-state index in [1.165, 1.54) is 0 Å². The van der Waals surface area contributed by atoms with Crippen LogP contribution in [0.25, 0.3) is 0 Å². The van der Waals surface area contributed by atoms with Crippen LogP contribution >= 0.6 is 0 Å². The largest absolute Gasteiger partial charge is 0.391 e. The Bertz CT molecular complexity index is 864. The van der Waals surface area contributed by atoms with Crippen molar-refractivity contribution in [3.05, 3.63) is 12.2 Å². The average Bonchev–Trinajstić information content (AvgIpc) is 2.80. The molecule has 2 heterocycles. The maximum absolute atomic E-state index is 14.0. The number of aliphatic hydroxyl groups is 3. The molecule has 164 valence electrons. The Kier molecular flexibility index (Phi) is 4.02. The van der Waals surface area contributed by atoms with Gasteiger partial charge in [-0.05, 0) is 42.6 Å². The number of rotatable bonds is 3. The summed E-state index contributed by atoms with van der Waals surface area (Å²) in [6.07, 6.45) is 0.205. The first-order chi connectivity index (χ1) is 14.0. The molecule has 7 nitrogen and oxygen atoms in total. The van der Waals surface area contributed by atoms with Crippen LogP contribution in [0.15, 0.2) is 12.2 Å². The monoisotopic (exact) mass is 418 g/mol. The first-order valence-electron chi connectivity index (χ1n) is 11.0. The predicted octanol–water partition coefficient (Wildman–Crippen LogP) is 0.789. The van der Waals surface area contributed by atoms with Crippen LogP contribution in [0.1, 0.15) is 46.0 Å². The van der Waals surface area contributed by atoms with Crippen LogP contribution < -0.4 is 0 Å². The molecule has 6 fully saturated rings. The van der Waals surface area contributed by atoms with E-state index in [2.05, 4.69) is 6.58 Å². The lowest BCUT2D eigenvalue weighted by atomic mass is 9.35. The van der Waals surface area contributed by atoms with Gasteiger partial charge in [-0.2, -0.15) is 0 Å². The Morgan fingerprint density at radius 2 is 1.90 bits per heavy atom. The Balaban J connectivity index is 1.75. The summed E-state index contributed by atoms with van der Waals surface area (Å²) in [5, 5.41) is 34.5. The summed E-state index contributed by atoms with van der Waals surface area (Å²) in [6.45, 7) is 7.73. The number of carbonyl (C=O) groups is 3. The van der Waals surface area contributed by atoms with Gasteiger partial charge in [-0.15, -0.1) is 0 Å². The van der Waals surface area contributed by atoms with Gasteiger partial charge in [-0.3, -0.25) is 9.59 Å². The first-order valence-corrected chi connectivity index (χ1v) is 11.0. The molecule has 0 amide bonds. The molecule has 0 aromatic rings. The second-order valence-electron chi connectivity index (χ2n) is 10.9. The number of ketones is 2. The van der Waals surface area contributed by atoms with Gasteiger partial charge in [0.25, 0.3) is 0 Å². The Hall–Kier alpha value is -1.41. The highest BCUT2D eigenvalue weighted by atomic mass is 16.6. The van der Waals surface area contributed by atoms with Crippen LogP contribution in [-0.4, -0.2) is 57.8 Å². The van der Waals surface area contributed by atoms with Crippen LogP contribution in [0, 0.1) is 39.9 Å². The fourth-order valence-corrected chi connectivity index (χ4v) is 8.49. The lowest BCUT2D eigenvalue weighted by Crippen LogP contribution is -2.85. The minimum atomic E-state index is -2.26. The number of aldehydes is 1. The molecule has 6 aliphatic rings. The Morgan fingerprint density at radius 1 is 1.20 bits per heavy atom. The van der Waals surface area contributed by atoms with Crippen molar-refractivity contribution < 1.29 is 34.4 Å². The Morgan fingerprint density at radius 3 is 2.57 bits per heavy atom. The SMILES string of the molecule is C=C1C(=O)[C@]23[C@H](O)[C@H]1CC[C@H]2[C@@]12CO[C@@]3(O)[C@@H](O)[C@@H]1C(C)(C)C[C@@H](CCC=O)C2=O. The van der Waals surface area contributed by atoms with Gasteiger partial charge in [0, 0.05) is 24.2 Å². The highest BCUT2D eigenvalue weighted by Gasteiger charge is 2.87. The molecule has 7 heteroatoms. The van der Waals surface area contributed by atoms with E-state index in [9.17, 15) is 29.7 Å². The molecule has 30 heavy (non-hydrogen) atoms. The van der Waals surface area contributed by atoms with Crippen molar-refractivity contribution in [3.63, 3.8) is 0 Å². The number of Topliss-reactive ketones (excluding diaryl/α,β-unsaturated/α-hetero) is 2. The summed E-state index contributed by atoms with van der Waals surface area (Å²) in [5.41, 5.74) is -3.25. The van der Waals surface area contributed by atoms with E-state index in [1.807, 2.05) is 13.8 Å². The molecule has 0 aromatic heterocycles. The van der Waals surface area contributed by atoms with Crippen molar-refractivity contribution in [2.75, 3.05) is 6.61 Å². The summed E-state index contributed by atoms with van der Waals surface area (Å²) < 4.78 is 5.83. The second-order valence-corrected chi connectivity index (χ2v) is 10.9. The van der Waals surface area contributed by atoms with E-state index in [4.69, 9.17) is 4.74 Å². The average molecular weight is 418 g/mol. The van der Waals surface area contributed by atoms with E-state index in [-0.39, 0.29) is 24.4 Å². The maximum Gasteiger partial charge on any atom is 0.208 e. The van der Waals surface area contributed by atoms with Crippen LogP contribution in [0.5, 0.6) is 0 Å². The number of hydrogen-bond acceptors (Lipinski definition) is 7. The number of ether oxygens (including phenoxy) is 1. The molecule has 0 unspecified atom stereocenters. The topological polar surface area (TPSA) is 121 Å². The molecule has 9 atom stereocenters. The van der Waals surface area contributed by atoms with E-state index in [1.54, 1.807) is 0 Å². The maximum atomic E-state index is 14.0. The van der Waals surface area contributed by atoms with Gasteiger partial charge in [-0.25, -0.2) is 0 Å². The van der Waals surface area contributed by atoms with Gasteiger partial charge in [-0.1, -0.05) is 20.4 Å². The summed E-state index contributed by atoms with van der Waals surface area (Å²) in [4.78, 5) is 38.5. The van der Waals surface area contributed by atoms with Gasteiger partial charge >= 0.3 is 0 Å². The van der Waals surface area contributed by atoms with E-state index < -0.39 is 63.7 Å². The van der Waals surface area contributed by atoms with Crippen molar-refractivity contribution in [2.24, 2.45) is 39.9 Å². The zero-order chi connectivity index (χ0) is 21.9. The third-order valence-electron chi connectivity index (χ3n) is 9.37. The minimum Gasteiger partial charge on any atom is -0.391 e. The Labute approximate surface area is 175 Å². The summed E-state index contributed by atoms with van der Waals surface area (Å²) in [7, 11) is 0. The van der Waals surface area contributed by atoms with E-state index >= 15 is 0 Å². The fraction of sp³-hybridized carbons (Fsp3) is 0.783. The molecular formula is C23H30O7. The van der Waals surface area contributed by atoms with Gasteiger partial charge in [0.1, 0.15) is 23.6 Å². The molecule has 0 radical (unpaired) electrons. The van der Waals surface area contributed by atoms with Crippen LogP contribution in [0.2, 0.25) is 0 Å². The predicted molar refractivity (Wildman–Crippen MR) is 104 cm³/mol. The van der Waals surface area contributed by atoms with Crippen LogP contribution in [0.3, 0.4) is 0 Å². The first kappa shape index (κ1) is 20.5. The number of carbonyl (C=O) groups excluding carboxylic acids is 3. The van der Waals surface area contributed by atoms with Crippen molar-refractivity contribution in [2.45, 2.75) is 63.9 Å². The number of aliphatic hydroxyl groups excluding tert-OH is 2. The standard InChI is InChI=1S/C23H30O7/c1-11-13-6-7-14-21-10-30-23(29,22(14,16(11)25)18(13)27)19(28)15(21)20(2,3)9-12(17(21)26)5-4-8-24/h8,12-15,18-19,27-29H,1,4-7,9-10H2,2-3H3/t12-,13+,14+,15-,18-,19+,21+,22+,23+/m1/s1. The van der Waals surface area contributed by atoms with E-state index in [0.717, 1.165) is 6.29 Å². The summed E-state index contributed by atoms with van der Waals surface area (Å²) in [6, 6.07) is 0. The molecule has 3 N–H and O–H groups in total. The van der Waals surface area contributed by atoms with Gasteiger partial charge < -0.3 is 24.9 Å².